The lowest BCUT2D eigenvalue weighted by Crippen LogP contribution is -2.36. The van der Waals surface area contributed by atoms with Gasteiger partial charge in [-0.1, -0.05) is 6.92 Å². The molecule has 0 saturated carbocycles. The Balaban J connectivity index is 2.14. The maximum absolute atomic E-state index is 5.23. The zero-order valence-electron chi connectivity index (χ0n) is 11.2. The molecule has 1 aliphatic rings. The molecule has 0 spiro atoms. The molecular formula is C12H21N3OS2. The van der Waals surface area contributed by atoms with E-state index in [-0.39, 0.29) is 0 Å². The summed E-state index contributed by atoms with van der Waals surface area (Å²) in [6, 6.07) is 0. The van der Waals surface area contributed by atoms with Crippen LogP contribution < -0.4 is 10.2 Å². The van der Waals surface area contributed by atoms with Gasteiger partial charge in [0, 0.05) is 42.6 Å². The van der Waals surface area contributed by atoms with Crippen LogP contribution in [-0.2, 0) is 17.9 Å². The smallest absolute Gasteiger partial charge is 0.185 e. The van der Waals surface area contributed by atoms with E-state index in [1.165, 1.54) is 10.6 Å². The Bertz CT molecular complexity index is 360. The molecule has 0 aromatic carbocycles. The van der Waals surface area contributed by atoms with Gasteiger partial charge < -0.3 is 15.0 Å². The Morgan fingerprint density at radius 2 is 2.39 bits per heavy atom. The third kappa shape index (κ3) is 3.38. The topological polar surface area (TPSA) is 37.4 Å². The second-order valence-electron chi connectivity index (χ2n) is 4.46. The molecule has 0 radical (unpaired) electrons. The largest absolute Gasteiger partial charge is 0.378 e. The standard InChI is InChI=1S/C12H21N3OS2/c1-9-7-15(4-5-17-9)12-14-10(8-16-3)11(18-12)6-13-2/h9,13H,4-8H2,1-3H3. The highest BCUT2D eigenvalue weighted by Gasteiger charge is 2.21. The number of methoxy groups -OCH3 is 1. The highest BCUT2D eigenvalue weighted by molar-refractivity contribution is 8.00. The van der Waals surface area contributed by atoms with Crippen molar-refractivity contribution in [2.45, 2.75) is 25.3 Å². The third-order valence-electron chi connectivity index (χ3n) is 2.90. The lowest BCUT2D eigenvalue weighted by atomic mass is 10.3. The second kappa shape index (κ2) is 6.75. The number of thioether (sulfide) groups is 1. The summed E-state index contributed by atoms with van der Waals surface area (Å²) in [5.41, 5.74) is 1.08. The number of hydrogen-bond acceptors (Lipinski definition) is 6. The van der Waals surface area contributed by atoms with E-state index in [0.29, 0.717) is 11.9 Å². The highest BCUT2D eigenvalue weighted by atomic mass is 32.2. The summed E-state index contributed by atoms with van der Waals surface area (Å²) >= 11 is 3.84. The SMILES string of the molecule is CNCc1sc(N2CCSC(C)C2)nc1COC. The molecule has 2 rings (SSSR count). The van der Waals surface area contributed by atoms with Gasteiger partial charge in [0.05, 0.1) is 12.3 Å². The van der Waals surface area contributed by atoms with Crippen LogP contribution in [0.2, 0.25) is 0 Å². The van der Waals surface area contributed by atoms with Crippen molar-refractivity contribution < 1.29 is 4.74 Å². The van der Waals surface area contributed by atoms with Gasteiger partial charge in [-0.15, -0.1) is 11.3 Å². The Labute approximate surface area is 117 Å². The van der Waals surface area contributed by atoms with Gasteiger partial charge in [0.25, 0.3) is 0 Å². The molecule has 1 N–H and O–H groups in total. The first-order valence-corrected chi connectivity index (χ1v) is 8.09. The quantitative estimate of drug-likeness (QED) is 0.896. The summed E-state index contributed by atoms with van der Waals surface area (Å²) in [6.45, 7) is 5.96. The molecule has 1 aromatic rings. The molecule has 102 valence electrons. The van der Waals surface area contributed by atoms with E-state index in [1.807, 2.05) is 18.8 Å². The first-order valence-electron chi connectivity index (χ1n) is 6.23. The Kier molecular flexibility index (Phi) is 5.29. The predicted molar refractivity (Wildman–Crippen MR) is 79.7 cm³/mol. The molecule has 0 aliphatic carbocycles. The molecule has 2 heterocycles. The van der Waals surface area contributed by atoms with Crippen LogP contribution >= 0.6 is 23.1 Å². The van der Waals surface area contributed by atoms with Gasteiger partial charge in [0.1, 0.15) is 0 Å². The molecular weight excluding hydrogens is 266 g/mol. The van der Waals surface area contributed by atoms with Gasteiger partial charge >= 0.3 is 0 Å². The number of aromatic nitrogens is 1. The molecule has 4 nitrogen and oxygen atoms in total. The molecule has 1 aliphatic heterocycles. The molecule has 1 atom stereocenters. The molecule has 18 heavy (non-hydrogen) atoms. The molecule has 0 amide bonds. The van der Waals surface area contributed by atoms with Crippen molar-refractivity contribution in [2.24, 2.45) is 0 Å². The van der Waals surface area contributed by atoms with Crippen molar-refractivity contribution in [3.63, 3.8) is 0 Å². The summed E-state index contributed by atoms with van der Waals surface area (Å²) in [6.07, 6.45) is 0. The molecule has 0 bridgehead atoms. The van der Waals surface area contributed by atoms with Crippen LogP contribution in [0.5, 0.6) is 0 Å². The van der Waals surface area contributed by atoms with E-state index < -0.39 is 0 Å². The number of nitrogens with zero attached hydrogens (tertiary/aromatic N) is 2. The van der Waals surface area contributed by atoms with Crippen LogP contribution in [0.25, 0.3) is 0 Å². The predicted octanol–water partition coefficient (Wildman–Crippen LogP) is 1.95. The van der Waals surface area contributed by atoms with Crippen LogP contribution in [0.1, 0.15) is 17.5 Å². The first kappa shape index (κ1) is 14.1. The van der Waals surface area contributed by atoms with Crippen LogP contribution in [-0.4, -0.2) is 43.2 Å². The zero-order chi connectivity index (χ0) is 13.0. The van der Waals surface area contributed by atoms with E-state index in [9.17, 15) is 0 Å². The van der Waals surface area contributed by atoms with Crippen molar-refractivity contribution in [1.29, 1.82) is 0 Å². The molecule has 1 saturated heterocycles. The Hall–Kier alpha value is -0.300. The minimum absolute atomic E-state index is 0.603. The van der Waals surface area contributed by atoms with E-state index in [2.05, 4.69) is 17.1 Å². The van der Waals surface area contributed by atoms with E-state index in [4.69, 9.17) is 9.72 Å². The summed E-state index contributed by atoms with van der Waals surface area (Å²) in [5.74, 6) is 1.20. The number of thiazole rings is 1. The number of nitrogens with one attached hydrogen (secondary N) is 1. The number of rotatable bonds is 5. The zero-order valence-corrected chi connectivity index (χ0v) is 12.9. The van der Waals surface area contributed by atoms with Gasteiger partial charge in [-0.25, -0.2) is 4.98 Å². The number of ether oxygens (including phenoxy) is 1. The maximum atomic E-state index is 5.23. The normalized spacial score (nSPS) is 20.4. The molecule has 1 unspecified atom stereocenters. The minimum Gasteiger partial charge on any atom is -0.378 e. The van der Waals surface area contributed by atoms with Crippen LogP contribution in [0.4, 0.5) is 5.13 Å². The summed E-state index contributed by atoms with van der Waals surface area (Å²) < 4.78 is 5.23. The molecule has 1 fully saturated rings. The van der Waals surface area contributed by atoms with Crippen LogP contribution in [0.3, 0.4) is 0 Å². The van der Waals surface area contributed by atoms with Crippen molar-refractivity contribution >= 4 is 28.2 Å². The first-order chi connectivity index (χ1) is 8.74. The lowest BCUT2D eigenvalue weighted by molar-refractivity contribution is 0.181. The maximum Gasteiger partial charge on any atom is 0.185 e. The highest BCUT2D eigenvalue weighted by Crippen LogP contribution is 2.30. The van der Waals surface area contributed by atoms with Gasteiger partial charge in [-0.05, 0) is 7.05 Å². The summed E-state index contributed by atoms with van der Waals surface area (Å²) in [5, 5.41) is 5.05. The fraction of sp³-hybridized carbons (Fsp3) is 0.750. The Morgan fingerprint density at radius 3 is 3.06 bits per heavy atom. The van der Waals surface area contributed by atoms with Gasteiger partial charge in [-0.3, -0.25) is 0 Å². The lowest BCUT2D eigenvalue weighted by Gasteiger charge is -2.30. The van der Waals surface area contributed by atoms with Gasteiger partial charge in [0.2, 0.25) is 0 Å². The fourth-order valence-corrected chi connectivity index (χ4v) is 4.17. The van der Waals surface area contributed by atoms with E-state index in [1.54, 1.807) is 18.4 Å². The van der Waals surface area contributed by atoms with Crippen molar-refractivity contribution in [2.75, 3.05) is 37.9 Å². The minimum atomic E-state index is 0.603. The average molecular weight is 287 g/mol. The van der Waals surface area contributed by atoms with Crippen LogP contribution in [0, 0.1) is 0 Å². The van der Waals surface area contributed by atoms with Gasteiger partial charge in [0.15, 0.2) is 5.13 Å². The fourth-order valence-electron chi connectivity index (χ4n) is 2.05. The van der Waals surface area contributed by atoms with E-state index >= 15 is 0 Å². The van der Waals surface area contributed by atoms with Crippen molar-refractivity contribution in [3.05, 3.63) is 10.6 Å². The molecule has 6 heteroatoms. The van der Waals surface area contributed by atoms with Crippen molar-refractivity contribution in [1.82, 2.24) is 10.3 Å². The monoisotopic (exact) mass is 287 g/mol. The third-order valence-corrected chi connectivity index (χ3v) is 5.19. The Morgan fingerprint density at radius 1 is 1.56 bits per heavy atom. The number of hydrogen-bond donors (Lipinski definition) is 1. The van der Waals surface area contributed by atoms with Crippen LogP contribution in [0.15, 0.2) is 0 Å². The summed E-state index contributed by atoms with van der Waals surface area (Å²) in [4.78, 5) is 8.45. The average Bonchev–Trinajstić information content (AvgIpc) is 2.74. The second-order valence-corrected chi connectivity index (χ2v) is 7.07. The number of anilines is 1. The van der Waals surface area contributed by atoms with Crippen molar-refractivity contribution in [3.8, 4) is 0 Å². The summed E-state index contributed by atoms with van der Waals surface area (Å²) in [7, 11) is 3.69. The van der Waals surface area contributed by atoms with Gasteiger partial charge in [-0.2, -0.15) is 11.8 Å². The van der Waals surface area contributed by atoms with E-state index in [0.717, 1.165) is 30.5 Å². The molecule has 1 aromatic heterocycles.